The fourth-order valence-corrected chi connectivity index (χ4v) is 2.72. The molecule has 4 heteroatoms. The number of esters is 1. The van der Waals surface area contributed by atoms with E-state index in [1.165, 1.54) is 0 Å². The highest BCUT2D eigenvalue weighted by molar-refractivity contribution is 5.76. The molecule has 2 N–H and O–H groups in total. The van der Waals surface area contributed by atoms with Crippen LogP contribution in [0.15, 0.2) is 30.3 Å². The van der Waals surface area contributed by atoms with Crippen molar-refractivity contribution in [3.8, 4) is 0 Å². The second-order valence-corrected chi connectivity index (χ2v) is 6.09. The molecular formula is C17H25NO3. The van der Waals surface area contributed by atoms with Crippen molar-refractivity contribution in [2.75, 3.05) is 0 Å². The van der Waals surface area contributed by atoms with Gasteiger partial charge < -0.3 is 9.84 Å². The topological polar surface area (TPSA) is 58.6 Å². The molecular weight excluding hydrogens is 266 g/mol. The van der Waals surface area contributed by atoms with Gasteiger partial charge in [-0.3, -0.25) is 10.1 Å². The molecule has 2 unspecified atom stereocenters. The van der Waals surface area contributed by atoms with Gasteiger partial charge in [-0.2, -0.15) is 0 Å². The number of rotatable bonds is 6. The first kappa shape index (κ1) is 16.0. The Kier molecular flexibility index (Phi) is 5.76. The summed E-state index contributed by atoms with van der Waals surface area (Å²) in [6, 6.07) is 9.29. The second-order valence-electron chi connectivity index (χ2n) is 6.09. The number of nitrogens with one attached hydrogen (secondary N) is 1. The van der Waals surface area contributed by atoms with Crippen LogP contribution in [0.25, 0.3) is 0 Å². The Morgan fingerprint density at radius 3 is 2.62 bits per heavy atom. The highest BCUT2D eigenvalue weighted by Crippen LogP contribution is 2.20. The van der Waals surface area contributed by atoms with Crippen LogP contribution in [0, 0.1) is 5.92 Å². The molecule has 0 amide bonds. The van der Waals surface area contributed by atoms with Crippen LogP contribution in [0.4, 0.5) is 0 Å². The summed E-state index contributed by atoms with van der Waals surface area (Å²) < 4.78 is 5.41. The van der Waals surface area contributed by atoms with Crippen LogP contribution >= 0.6 is 0 Å². The highest BCUT2D eigenvalue weighted by atomic mass is 16.5. The molecule has 0 radical (unpaired) electrons. The molecule has 0 saturated heterocycles. The number of aliphatic hydroxyl groups is 1. The fourth-order valence-electron chi connectivity index (χ4n) is 2.72. The van der Waals surface area contributed by atoms with Gasteiger partial charge in [0.2, 0.25) is 0 Å². The SMILES string of the molecule is CC(C)[C@H](NC1CCCC1O)C(=O)OCc1ccccc1. The maximum absolute atomic E-state index is 12.3. The van der Waals surface area contributed by atoms with Gasteiger partial charge in [0.05, 0.1) is 6.10 Å². The van der Waals surface area contributed by atoms with Gasteiger partial charge in [0, 0.05) is 6.04 Å². The third-order valence-electron chi connectivity index (χ3n) is 4.02. The van der Waals surface area contributed by atoms with E-state index in [1.54, 1.807) is 0 Å². The number of hydrogen-bond donors (Lipinski definition) is 2. The Bertz CT molecular complexity index is 447. The van der Waals surface area contributed by atoms with Crippen molar-refractivity contribution in [1.82, 2.24) is 5.32 Å². The van der Waals surface area contributed by atoms with E-state index in [4.69, 9.17) is 4.74 Å². The van der Waals surface area contributed by atoms with Crippen LogP contribution in [-0.4, -0.2) is 29.3 Å². The monoisotopic (exact) mass is 291 g/mol. The first-order chi connectivity index (χ1) is 10.1. The smallest absolute Gasteiger partial charge is 0.323 e. The summed E-state index contributed by atoms with van der Waals surface area (Å²) in [6.07, 6.45) is 2.37. The first-order valence-electron chi connectivity index (χ1n) is 7.72. The molecule has 0 aliphatic heterocycles. The summed E-state index contributed by atoms with van der Waals surface area (Å²) in [6.45, 7) is 4.27. The highest BCUT2D eigenvalue weighted by Gasteiger charge is 2.32. The Balaban J connectivity index is 1.89. The average molecular weight is 291 g/mol. The van der Waals surface area contributed by atoms with Crippen LogP contribution < -0.4 is 5.32 Å². The predicted octanol–water partition coefficient (Wildman–Crippen LogP) is 2.26. The van der Waals surface area contributed by atoms with E-state index < -0.39 is 0 Å². The number of aliphatic hydroxyl groups excluding tert-OH is 1. The molecule has 1 fully saturated rings. The van der Waals surface area contributed by atoms with Crippen molar-refractivity contribution in [3.05, 3.63) is 35.9 Å². The van der Waals surface area contributed by atoms with E-state index in [1.807, 2.05) is 44.2 Å². The molecule has 2 rings (SSSR count). The third-order valence-corrected chi connectivity index (χ3v) is 4.02. The van der Waals surface area contributed by atoms with Crippen LogP contribution in [0.2, 0.25) is 0 Å². The number of carbonyl (C=O) groups excluding carboxylic acids is 1. The van der Waals surface area contributed by atoms with Crippen molar-refractivity contribution in [1.29, 1.82) is 0 Å². The molecule has 1 aliphatic rings. The minimum atomic E-state index is -0.369. The number of ether oxygens (including phenoxy) is 1. The van der Waals surface area contributed by atoms with Crippen LogP contribution in [0.1, 0.15) is 38.7 Å². The molecule has 1 aromatic carbocycles. The lowest BCUT2D eigenvalue weighted by atomic mass is 10.0. The molecule has 1 aromatic rings. The maximum atomic E-state index is 12.3. The standard InChI is InChI=1S/C17H25NO3/c1-12(2)16(18-14-9-6-10-15(14)19)17(20)21-11-13-7-4-3-5-8-13/h3-5,7-8,12,14-16,18-19H,6,9-11H2,1-2H3/t14?,15?,16-/m0/s1. The van der Waals surface area contributed by atoms with Gasteiger partial charge in [-0.25, -0.2) is 0 Å². The van der Waals surface area contributed by atoms with E-state index in [2.05, 4.69) is 5.32 Å². The average Bonchev–Trinajstić information content (AvgIpc) is 2.88. The van der Waals surface area contributed by atoms with Gasteiger partial charge in [-0.15, -0.1) is 0 Å². The fraction of sp³-hybridized carbons (Fsp3) is 0.588. The van der Waals surface area contributed by atoms with Crippen LogP contribution in [0.5, 0.6) is 0 Å². The van der Waals surface area contributed by atoms with Gasteiger partial charge >= 0.3 is 5.97 Å². The van der Waals surface area contributed by atoms with Crippen molar-refractivity contribution in [2.24, 2.45) is 5.92 Å². The quantitative estimate of drug-likeness (QED) is 0.789. The van der Waals surface area contributed by atoms with Crippen molar-refractivity contribution >= 4 is 5.97 Å². The van der Waals surface area contributed by atoms with E-state index in [0.717, 1.165) is 24.8 Å². The Morgan fingerprint density at radius 2 is 2.05 bits per heavy atom. The summed E-state index contributed by atoms with van der Waals surface area (Å²) in [4.78, 5) is 12.3. The van der Waals surface area contributed by atoms with E-state index >= 15 is 0 Å². The molecule has 4 nitrogen and oxygen atoms in total. The summed E-state index contributed by atoms with van der Waals surface area (Å²) in [5, 5.41) is 13.2. The first-order valence-corrected chi connectivity index (χ1v) is 7.72. The zero-order chi connectivity index (χ0) is 15.2. The normalized spacial score (nSPS) is 23.2. The van der Waals surface area contributed by atoms with E-state index in [0.29, 0.717) is 0 Å². The molecule has 116 valence electrons. The minimum Gasteiger partial charge on any atom is -0.460 e. The molecule has 0 bridgehead atoms. The zero-order valence-corrected chi connectivity index (χ0v) is 12.8. The van der Waals surface area contributed by atoms with Crippen molar-refractivity contribution in [3.63, 3.8) is 0 Å². The zero-order valence-electron chi connectivity index (χ0n) is 12.8. The molecule has 1 aliphatic carbocycles. The Hall–Kier alpha value is -1.39. The van der Waals surface area contributed by atoms with Gasteiger partial charge in [0.15, 0.2) is 0 Å². The van der Waals surface area contributed by atoms with Crippen LogP contribution in [-0.2, 0) is 16.1 Å². The number of hydrogen-bond acceptors (Lipinski definition) is 4. The maximum Gasteiger partial charge on any atom is 0.323 e. The lowest BCUT2D eigenvalue weighted by molar-refractivity contribution is -0.149. The van der Waals surface area contributed by atoms with Gasteiger partial charge in [-0.1, -0.05) is 44.2 Å². The van der Waals surface area contributed by atoms with Crippen molar-refractivity contribution < 1.29 is 14.6 Å². The second kappa shape index (κ2) is 7.57. The minimum absolute atomic E-state index is 0.00155. The van der Waals surface area contributed by atoms with Gasteiger partial charge in [0.25, 0.3) is 0 Å². The molecule has 3 atom stereocenters. The number of carbonyl (C=O) groups is 1. The Labute approximate surface area is 126 Å². The van der Waals surface area contributed by atoms with E-state index in [9.17, 15) is 9.90 Å². The largest absolute Gasteiger partial charge is 0.460 e. The third kappa shape index (κ3) is 4.55. The summed E-state index contributed by atoms with van der Waals surface area (Å²) in [5.74, 6) is -0.117. The molecule has 0 spiro atoms. The molecule has 21 heavy (non-hydrogen) atoms. The molecule has 0 aromatic heterocycles. The summed E-state index contributed by atoms with van der Waals surface area (Å²) >= 11 is 0. The summed E-state index contributed by atoms with van der Waals surface area (Å²) in [7, 11) is 0. The van der Waals surface area contributed by atoms with Crippen LogP contribution in [0.3, 0.4) is 0 Å². The molecule has 0 heterocycles. The molecule has 1 saturated carbocycles. The predicted molar refractivity (Wildman–Crippen MR) is 81.6 cm³/mol. The lowest BCUT2D eigenvalue weighted by Gasteiger charge is -2.26. The Morgan fingerprint density at radius 1 is 1.33 bits per heavy atom. The van der Waals surface area contributed by atoms with E-state index in [-0.39, 0.29) is 36.7 Å². The van der Waals surface area contributed by atoms with Gasteiger partial charge in [0.1, 0.15) is 12.6 Å². The number of benzene rings is 1. The lowest BCUT2D eigenvalue weighted by Crippen LogP contribution is -2.49. The van der Waals surface area contributed by atoms with Crippen molar-refractivity contribution in [2.45, 2.75) is 57.9 Å². The summed E-state index contributed by atoms with van der Waals surface area (Å²) in [5.41, 5.74) is 0.981. The van der Waals surface area contributed by atoms with Gasteiger partial charge in [-0.05, 0) is 30.7 Å².